The predicted molar refractivity (Wildman–Crippen MR) is 123 cm³/mol. The molecule has 2 aromatic carbocycles. The number of aryl methyl sites for hydroxylation is 1. The van der Waals surface area contributed by atoms with Crippen molar-refractivity contribution >= 4 is 34.6 Å². The van der Waals surface area contributed by atoms with Crippen LogP contribution in [0.15, 0.2) is 60.1 Å². The van der Waals surface area contributed by atoms with E-state index in [0.717, 1.165) is 28.2 Å². The Kier molecular flexibility index (Phi) is 6.29. The SMILES string of the molecule is Cc1ccccc1NC(=O)Nc1ccc(CC(=O)N2CC(N)CC2c2nccs2)cc1. The molecule has 0 bridgehead atoms. The first-order valence-electron chi connectivity index (χ1n) is 10.2. The first-order valence-corrected chi connectivity index (χ1v) is 11.0. The van der Waals surface area contributed by atoms with Crippen molar-refractivity contribution in [2.75, 3.05) is 17.2 Å². The van der Waals surface area contributed by atoms with E-state index in [2.05, 4.69) is 15.6 Å². The minimum absolute atomic E-state index is 0.0313. The number of carbonyl (C=O) groups excluding carboxylic acids is 2. The predicted octanol–water partition coefficient (Wildman–Crippen LogP) is 3.94. The van der Waals surface area contributed by atoms with Crippen molar-refractivity contribution in [1.29, 1.82) is 0 Å². The number of para-hydroxylation sites is 1. The highest BCUT2D eigenvalue weighted by Gasteiger charge is 2.35. The molecule has 7 nitrogen and oxygen atoms in total. The van der Waals surface area contributed by atoms with Crippen LogP contribution >= 0.6 is 11.3 Å². The molecule has 8 heteroatoms. The van der Waals surface area contributed by atoms with Crippen molar-refractivity contribution in [3.63, 3.8) is 0 Å². The normalized spacial score (nSPS) is 18.1. The molecule has 160 valence electrons. The molecule has 2 heterocycles. The summed E-state index contributed by atoms with van der Waals surface area (Å²) in [4.78, 5) is 31.4. The zero-order chi connectivity index (χ0) is 21.8. The van der Waals surface area contributed by atoms with Crippen LogP contribution in [0.4, 0.5) is 16.2 Å². The van der Waals surface area contributed by atoms with Gasteiger partial charge in [0.2, 0.25) is 5.91 Å². The van der Waals surface area contributed by atoms with E-state index < -0.39 is 0 Å². The summed E-state index contributed by atoms with van der Waals surface area (Å²) < 4.78 is 0. The number of urea groups is 1. The number of aromatic nitrogens is 1. The van der Waals surface area contributed by atoms with Crippen LogP contribution in [0, 0.1) is 6.92 Å². The fourth-order valence-electron chi connectivity index (χ4n) is 3.76. The molecule has 31 heavy (non-hydrogen) atoms. The quantitative estimate of drug-likeness (QED) is 0.565. The third-order valence-electron chi connectivity index (χ3n) is 5.35. The molecule has 1 aliphatic rings. The molecule has 2 atom stereocenters. The molecule has 1 saturated heterocycles. The van der Waals surface area contributed by atoms with Gasteiger partial charge in [0.15, 0.2) is 0 Å². The second-order valence-corrected chi connectivity index (χ2v) is 8.62. The molecule has 4 rings (SSSR count). The standard InChI is InChI=1S/C23H25N5O2S/c1-15-4-2-3-5-19(15)27-23(30)26-18-8-6-16(7-9-18)12-21(29)28-14-17(24)13-20(28)22-25-10-11-31-22/h2-11,17,20H,12-14,24H2,1H3,(H2,26,27,30). The Morgan fingerprint density at radius 1 is 1.16 bits per heavy atom. The molecule has 1 fully saturated rings. The van der Waals surface area contributed by atoms with Gasteiger partial charge < -0.3 is 21.3 Å². The highest BCUT2D eigenvalue weighted by Crippen LogP contribution is 2.33. The number of carbonyl (C=O) groups is 2. The lowest BCUT2D eigenvalue weighted by Crippen LogP contribution is -2.34. The van der Waals surface area contributed by atoms with Gasteiger partial charge in [-0.2, -0.15) is 0 Å². The second kappa shape index (κ2) is 9.28. The van der Waals surface area contributed by atoms with E-state index in [0.29, 0.717) is 12.2 Å². The molecule has 3 amide bonds. The number of nitrogens with zero attached hydrogens (tertiary/aromatic N) is 2. The summed E-state index contributed by atoms with van der Waals surface area (Å²) in [5.41, 5.74) is 9.42. The number of amides is 3. The van der Waals surface area contributed by atoms with Crippen LogP contribution in [0.1, 0.15) is 28.6 Å². The van der Waals surface area contributed by atoms with E-state index in [1.54, 1.807) is 29.7 Å². The Morgan fingerprint density at radius 2 is 1.94 bits per heavy atom. The van der Waals surface area contributed by atoms with E-state index in [-0.39, 0.29) is 30.4 Å². The van der Waals surface area contributed by atoms with Gasteiger partial charge in [-0.15, -0.1) is 11.3 Å². The number of nitrogens with two attached hydrogens (primary N) is 1. The van der Waals surface area contributed by atoms with Crippen LogP contribution in [0.2, 0.25) is 0 Å². The van der Waals surface area contributed by atoms with Crippen LogP contribution in [0.25, 0.3) is 0 Å². The minimum atomic E-state index is -0.310. The van der Waals surface area contributed by atoms with Gasteiger partial charge >= 0.3 is 6.03 Å². The Morgan fingerprint density at radius 3 is 2.65 bits per heavy atom. The van der Waals surface area contributed by atoms with E-state index >= 15 is 0 Å². The zero-order valence-corrected chi connectivity index (χ0v) is 18.1. The lowest BCUT2D eigenvalue weighted by molar-refractivity contribution is -0.131. The number of thiazole rings is 1. The van der Waals surface area contributed by atoms with E-state index in [4.69, 9.17) is 5.73 Å². The molecule has 0 spiro atoms. The third kappa shape index (κ3) is 5.10. The topological polar surface area (TPSA) is 100 Å². The zero-order valence-electron chi connectivity index (χ0n) is 17.2. The minimum Gasteiger partial charge on any atom is -0.331 e. The third-order valence-corrected chi connectivity index (χ3v) is 6.23. The van der Waals surface area contributed by atoms with Gasteiger partial charge in [-0.3, -0.25) is 4.79 Å². The summed E-state index contributed by atoms with van der Waals surface area (Å²) in [5, 5.41) is 8.50. The smallest absolute Gasteiger partial charge is 0.323 e. The van der Waals surface area contributed by atoms with Gasteiger partial charge in [0, 0.05) is 35.5 Å². The number of rotatable bonds is 5. The fraction of sp³-hybridized carbons (Fsp3) is 0.261. The Balaban J connectivity index is 1.35. The number of anilines is 2. The number of likely N-dealkylation sites (tertiary alicyclic amines) is 1. The summed E-state index contributed by atoms with van der Waals surface area (Å²) in [7, 11) is 0. The second-order valence-electron chi connectivity index (χ2n) is 7.70. The van der Waals surface area contributed by atoms with Crippen LogP contribution in [0.3, 0.4) is 0 Å². The molecular weight excluding hydrogens is 410 g/mol. The maximum atomic E-state index is 12.9. The Labute approximate surface area is 185 Å². The Bertz CT molecular complexity index is 1050. The van der Waals surface area contributed by atoms with Crippen LogP contribution in [0.5, 0.6) is 0 Å². The summed E-state index contributed by atoms with van der Waals surface area (Å²) in [5.74, 6) is 0.0335. The van der Waals surface area contributed by atoms with Crippen LogP contribution < -0.4 is 16.4 Å². The molecule has 3 aromatic rings. The average Bonchev–Trinajstić information content (AvgIpc) is 3.41. The summed E-state index contributed by atoms with van der Waals surface area (Å²) >= 11 is 1.55. The highest BCUT2D eigenvalue weighted by molar-refractivity contribution is 7.09. The molecule has 0 radical (unpaired) electrons. The average molecular weight is 436 g/mol. The number of hydrogen-bond acceptors (Lipinski definition) is 5. The summed E-state index contributed by atoms with van der Waals surface area (Å²) in [6.07, 6.45) is 2.77. The van der Waals surface area contributed by atoms with Crippen molar-refractivity contribution in [3.05, 3.63) is 76.2 Å². The van der Waals surface area contributed by atoms with Crippen molar-refractivity contribution in [2.24, 2.45) is 5.73 Å². The number of hydrogen-bond donors (Lipinski definition) is 3. The van der Waals surface area contributed by atoms with Crippen molar-refractivity contribution < 1.29 is 9.59 Å². The maximum Gasteiger partial charge on any atom is 0.323 e. The van der Waals surface area contributed by atoms with Crippen LogP contribution in [-0.4, -0.2) is 34.4 Å². The molecule has 1 aliphatic heterocycles. The maximum absolute atomic E-state index is 12.9. The van der Waals surface area contributed by atoms with Crippen molar-refractivity contribution in [1.82, 2.24) is 9.88 Å². The van der Waals surface area contributed by atoms with Crippen molar-refractivity contribution in [3.8, 4) is 0 Å². The lowest BCUT2D eigenvalue weighted by atomic mass is 10.1. The first-order chi connectivity index (χ1) is 15.0. The van der Waals surface area contributed by atoms with Gasteiger partial charge in [0.25, 0.3) is 0 Å². The summed E-state index contributed by atoms with van der Waals surface area (Å²) in [6.45, 7) is 2.48. The van der Waals surface area contributed by atoms with Gasteiger partial charge in [0.1, 0.15) is 5.01 Å². The van der Waals surface area contributed by atoms with Crippen LogP contribution in [-0.2, 0) is 11.2 Å². The van der Waals surface area contributed by atoms with Gasteiger partial charge in [-0.05, 0) is 42.7 Å². The first kappa shape index (κ1) is 21.0. The van der Waals surface area contributed by atoms with Gasteiger partial charge in [-0.1, -0.05) is 30.3 Å². The Hall–Kier alpha value is -3.23. The molecule has 2 unspecified atom stereocenters. The highest BCUT2D eigenvalue weighted by atomic mass is 32.1. The fourth-order valence-corrected chi connectivity index (χ4v) is 4.52. The molecule has 0 saturated carbocycles. The van der Waals surface area contributed by atoms with E-state index in [1.807, 2.05) is 53.6 Å². The van der Waals surface area contributed by atoms with E-state index in [1.165, 1.54) is 0 Å². The molecular formula is C23H25N5O2S. The molecule has 4 N–H and O–H groups in total. The number of nitrogens with one attached hydrogen (secondary N) is 2. The number of benzene rings is 2. The largest absolute Gasteiger partial charge is 0.331 e. The summed E-state index contributed by atoms with van der Waals surface area (Å²) in [6, 6.07) is 14.5. The monoisotopic (exact) mass is 435 g/mol. The lowest BCUT2D eigenvalue weighted by Gasteiger charge is -2.23. The van der Waals surface area contributed by atoms with Gasteiger partial charge in [0.05, 0.1) is 12.5 Å². The van der Waals surface area contributed by atoms with Crippen molar-refractivity contribution in [2.45, 2.75) is 31.8 Å². The van der Waals surface area contributed by atoms with Gasteiger partial charge in [-0.25, -0.2) is 9.78 Å². The molecule has 0 aliphatic carbocycles. The molecule has 1 aromatic heterocycles. The van der Waals surface area contributed by atoms with E-state index in [9.17, 15) is 9.59 Å².